The van der Waals surface area contributed by atoms with Crippen molar-refractivity contribution >= 4 is 11.6 Å². The highest BCUT2D eigenvalue weighted by Gasteiger charge is 2.09. The second-order valence-electron chi connectivity index (χ2n) is 5.09. The Morgan fingerprint density at radius 2 is 1.77 bits per heavy atom. The number of nitrogens with zero attached hydrogens (tertiary/aromatic N) is 3. The number of aromatic nitrogens is 3. The molecular formula is C17H14ClN3O. The summed E-state index contributed by atoms with van der Waals surface area (Å²) in [5.74, 6) is 0.564. The van der Waals surface area contributed by atoms with Crippen LogP contribution in [0.2, 0.25) is 5.15 Å². The molecule has 0 saturated carbocycles. The first-order valence-corrected chi connectivity index (χ1v) is 7.20. The van der Waals surface area contributed by atoms with Gasteiger partial charge in [0.15, 0.2) is 5.82 Å². The third-order valence-electron chi connectivity index (χ3n) is 3.39. The Labute approximate surface area is 133 Å². The minimum absolute atomic E-state index is 0.0211. The maximum absolute atomic E-state index is 11.8. The van der Waals surface area contributed by atoms with Gasteiger partial charge in [-0.05, 0) is 13.0 Å². The van der Waals surface area contributed by atoms with Crippen LogP contribution in [-0.4, -0.2) is 14.5 Å². The summed E-state index contributed by atoms with van der Waals surface area (Å²) in [5.41, 5.74) is 3.06. The fraction of sp³-hybridized carbons (Fsp3) is 0.118. The Kier molecular flexibility index (Phi) is 3.77. The zero-order chi connectivity index (χ0) is 15.7. The van der Waals surface area contributed by atoms with E-state index in [1.807, 2.05) is 36.4 Å². The van der Waals surface area contributed by atoms with Gasteiger partial charge in [-0.15, -0.1) is 0 Å². The number of hydrogen-bond donors (Lipinski definition) is 0. The monoisotopic (exact) mass is 311 g/mol. The first-order chi connectivity index (χ1) is 10.5. The predicted octanol–water partition coefficient (Wildman–Crippen LogP) is 3.47. The number of benzene rings is 1. The van der Waals surface area contributed by atoms with Crippen molar-refractivity contribution < 1.29 is 0 Å². The highest BCUT2D eigenvalue weighted by atomic mass is 35.5. The van der Waals surface area contributed by atoms with E-state index in [1.54, 1.807) is 30.8 Å². The highest BCUT2D eigenvalue weighted by Crippen LogP contribution is 2.24. The third kappa shape index (κ3) is 2.78. The van der Waals surface area contributed by atoms with Crippen molar-refractivity contribution in [3.05, 3.63) is 69.7 Å². The quantitative estimate of drug-likeness (QED) is 0.681. The molecule has 4 nitrogen and oxygen atoms in total. The Morgan fingerprint density at radius 3 is 2.45 bits per heavy atom. The zero-order valence-electron chi connectivity index (χ0n) is 12.2. The normalized spacial score (nSPS) is 10.7. The molecule has 5 heteroatoms. The first-order valence-electron chi connectivity index (χ1n) is 6.82. The summed E-state index contributed by atoms with van der Waals surface area (Å²) >= 11 is 6.14. The summed E-state index contributed by atoms with van der Waals surface area (Å²) in [5, 5.41) is 0.371. The fourth-order valence-corrected chi connectivity index (χ4v) is 2.48. The van der Waals surface area contributed by atoms with E-state index < -0.39 is 0 Å². The van der Waals surface area contributed by atoms with Crippen molar-refractivity contribution in [1.29, 1.82) is 0 Å². The summed E-state index contributed by atoms with van der Waals surface area (Å²) in [4.78, 5) is 20.7. The van der Waals surface area contributed by atoms with Crippen LogP contribution < -0.4 is 5.56 Å². The minimum atomic E-state index is -0.0211. The van der Waals surface area contributed by atoms with Gasteiger partial charge >= 0.3 is 0 Å². The fourth-order valence-electron chi connectivity index (χ4n) is 2.30. The molecule has 0 amide bonds. The molecule has 0 aliphatic carbocycles. The van der Waals surface area contributed by atoms with E-state index in [0.29, 0.717) is 22.2 Å². The average Bonchev–Trinajstić information content (AvgIpc) is 2.52. The second-order valence-corrected chi connectivity index (χ2v) is 5.48. The van der Waals surface area contributed by atoms with Gasteiger partial charge in [-0.2, -0.15) is 0 Å². The molecule has 1 aromatic carbocycles. The molecule has 3 rings (SSSR count). The molecule has 0 saturated heterocycles. The molecule has 110 valence electrons. The van der Waals surface area contributed by atoms with E-state index >= 15 is 0 Å². The van der Waals surface area contributed by atoms with Crippen LogP contribution in [0.3, 0.4) is 0 Å². The van der Waals surface area contributed by atoms with E-state index in [2.05, 4.69) is 9.97 Å². The van der Waals surface area contributed by atoms with E-state index in [4.69, 9.17) is 11.6 Å². The molecule has 0 aliphatic heterocycles. The molecule has 0 atom stereocenters. The first kappa shape index (κ1) is 14.5. The second kappa shape index (κ2) is 5.73. The van der Waals surface area contributed by atoms with Gasteiger partial charge in [-0.25, -0.2) is 9.97 Å². The number of halogens is 1. The van der Waals surface area contributed by atoms with Gasteiger partial charge in [0, 0.05) is 36.0 Å². The average molecular weight is 312 g/mol. The van der Waals surface area contributed by atoms with Gasteiger partial charge in [0.05, 0.1) is 5.69 Å². The topological polar surface area (TPSA) is 47.8 Å². The van der Waals surface area contributed by atoms with Crippen molar-refractivity contribution in [1.82, 2.24) is 14.5 Å². The summed E-state index contributed by atoms with van der Waals surface area (Å²) in [6.45, 7) is 1.78. The van der Waals surface area contributed by atoms with Crippen molar-refractivity contribution in [3.8, 4) is 22.6 Å². The number of pyridine rings is 1. The smallest absolute Gasteiger partial charge is 0.253 e. The standard InChI is InChI=1S/C17H14ClN3O/c1-11-8-13(10-21(2)17(11)22)14-9-15(18)20-16(19-14)12-6-4-3-5-7-12/h3-10H,1-2H3. The van der Waals surface area contributed by atoms with Crippen LogP contribution in [0.15, 0.2) is 53.5 Å². The third-order valence-corrected chi connectivity index (χ3v) is 3.58. The van der Waals surface area contributed by atoms with Crippen LogP contribution in [0.4, 0.5) is 0 Å². The van der Waals surface area contributed by atoms with Gasteiger partial charge in [-0.1, -0.05) is 41.9 Å². The number of hydrogen-bond acceptors (Lipinski definition) is 3. The summed E-state index contributed by atoms with van der Waals surface area (Å²) in [6.07, 6.45) is 1.75. The Morgan fingerprint density at radius 1 is 1.05 bits per heavy atom. The van der Waals surface area contributed by atoms with Gasteiger partial charge < -0.3 is 4.57 Å². The Hall–Kier alpha value is -2.46. The van der Waals surface area contributed by atoms with Crippen LogP contribution in [-0.2, 0) is 7.05 Å². The van der Waals surface area contributed by atoms with Crippen molar-refractivity contribution in [3.63, 3.8) is 0 Å². The predicted molar refractivity (Wildman–Crippen MR) is 87.9 cm³/mol. The lowest BCUT2D eigenvalue weighted by Crippen LogP contribution is -2.18. The molecule has 0 radical (unpaired) electrons. The lowest BCUT2D eigenvalue weighted by atomic mass is 10.1. The van der Waals surface area contributed by atoms with Crippen LogP contribution in [0.1, 0.15) is 5.56 Å². The molecule has 2 aromatic heterocycles. The lowest BCUT2D eigenvalue weighted by molar-refractivity contribution is 0.849. The van der Waals surface area contributed by atoms with E-state index in [1.165, 1.54) is 0 Å². The molecule has 0 spiro atoms. The Bertz CT molecular complexity index is 862. The number of aryl methyl sites for hydroxylation is 2. The number of rotatable bonds is 2. The van der Waals surface area contributed by atoms with Crippen LogP contribution in [0.25, 0.3) is 22.6 Å². The minimum Gasteiger partial charge on any atom is -0.318 e. The maximum atomic E-state index is 11.8. The van der Waals surface area contributed by atoms with Crippen molar-refractivity contribution in [2.24, 2.45) is 7.05 Å². The highest BCUT2D eigenvalue weighted by molar-refractivity contribution is 6.29. The molecular weight excluding hydrogens is 298 g/mol. The zero-order valence-corrected chi connectivity index (χ0v) is 13.0. The van der Waals surface area contributed by atoms with E-state index in [9.17, 15) is 4.79 Å². The summed E-state index contributed by atoms with van der Waals surface area (Å²) in [6, 6.07) is 13.2. The summed E-state index contributed by atoms with van der Waals surface area (Å²) in [7, 11) is 1.72. The van der Waals surface area contributed by atoms with Gasteiger partial charge in [-0.3, -0.25) is 4.79 Å². The molecule has 22 heavy (non-hydrogen) atoms. The summed E-state index contributed by atoms with van der Waals surface area (Å²) < 4.78 is 1.54. The molecule has 0 unspecified atom stereocenters. The van der Waals surface area contributed by atoms with Crippen molar-refractivity contribution in [2.45, 2.75) is 6.92 Å². The van der Waals surface area contributed by atoms with E-state index in [0.717, 1.165) is 11.1 Å². The molecule has 3 aromatic rings. The largest absolute Gasteiger partial charge is 0.318 e. The van der Waals surface area contributed by atoms with Gasteiger partial charge in [0.2, 0.25) is 0 Å². The Balaban J connectivity index is 2.17. The molecule has 2 heterocycles. The van der Waals surface area contributed by atoms with Crippen molar-refractivity contribution in [2.75, 3.05) is 0 Å². The van der Waals surface area contributed by atoms with Crippen LogP contribution >= 0.6 is 11.6 Å². The van der Waals surface area contributed by atoms with Crippen LogP contribution in [0, 0.1) is 6.92 Å². The maximum Gasteiger partial charge on any atom is 0.253 e. The van der Waals surface area contributed by atoms with Gasteiger partial charge in [0.25, 0.3) is 5.56 Å². The SMILES string of the molecule is Cc1cc(-c2cc(Cl)nc(-c3ccccc3)n2)cn(C)c1=O. The van der Waals surface area contributed by atoms with Crippen LogP contribution in [0.5, 0.6) is 0 Å². The molecule has 0 fully saturated rings. The molecule has 0 aliphatic rings. The molecule has 0 N–H and O–H groups in total. The lowest BCUT2D eigenvalue weighted by Gasteiger charge is -2.08. The van der Waals surface area contributed by atoms with E-state index in [-0.39, 0.29) is 5.56 Å². The van der Waals surface area contributed by atoms with Gasteiger partial charge in [0.1, 0.15) is 5.15 Å². The molecule has 0 bridgehead atoms.